The van der Waals surface area contributed by atoms with Gasteiger partial charge in [0.05, 0.1) is 44.9 Å². The molecule has 1 aromatic carbocycles. The predicted octanol–water partition coefficient (Wildman–Crippen LogP) is 0.243. The van der Waals surface area contributed by atoms with Gasteiger partial charge in [-0.15, -0.1) is 5.10 Å². The third kappa shape index (κ3) is 4.50. The Morgan fingerprint density at radius 2 is 2.00 bits per heavy atom. The lowest BCUT2D eigenvalue weighted by molar-refractivity contribution is -0.915. The fourth-order valence-corrected chi connectivity index (χ4v) is 3.06. The topological polar surface area (TPSA) is 60.5 Å². The standard InChI is InChI=1S/C16H21F3N6O/c1-26-10-9-25-15(20-21-22-25)12-23-5-7-24(8-6-23)14-4-2-3-13(11-14)16(17,18)19/h2-4,11H,5-10,12H2,1H3/p+1. The molecule has 1 aromatic heterocycles. The number of quaternary nitrogens is 1. The summed E-state index contributed by atoms with van der Waals surface area (Å²) in [5.41, 5.74) is 0.00546. The molecule has 0 bridgehead atoms. The van der Waals surface area contributed by atoms with E-state index >= 15 is 0 Å². The molecule has 1 saturated heterocycles. The molecule has 1 N–H and O–H groups in total. The number of ether oxygens (including phenoxy) is 1. The molecule has 0 atom stereocenters. The lowest BCUT2D eigenvalue weighted by Gasteiger charge is -2.33. The Bertz CT molecular complexity index is 712. The molecule has 1 aliphatic heterocycles. The highest BCUT2D eigenvalue weighted by molar-refractivity contribution is 5.49. The highest BCUT2D eigenvalue weighted by atomic mass is 19.4. The molecule has 0 amide bonds. The largest absolute Gasteiger partial charge is 0.416 e. The molecule has 7 nitrogen and oxygen atoms in total. The lowest BCUT2D eigenvalue weighted by atomic mass is 10.1. The second-order valence-corrected chi connectivity index (χ2v) is 6.27. The summed E-state index contributed by atoms with van der Waals surface area (Å²) in [7, 11) is 1.63. The van der Waals surface area contributed by atoms with Crippen molar-refractivity contribution in [1.82, 2.24) is 20.2 Å². The van der Waals surface area contributed by atoms with Crippen molar-refractivity contribution in [2.75, 3.05) is 44.8 Å². The Hall–Kier alpha value is -2.20. The fraction of sp³-hybridized carbons (Fsp3) is 0.562. The molecule has 1 fully saturated rings. The van der Waals surface area contributed by atoms with Crippen LogP contribution in [0.25, 0.3) is 0 Å². The van der Waals surface area contributed by atoms with Gasteiger partial charge in [0, 0.05) is 12.8 Å². The molecule has 0 radical (unpaired) electrons. The van der Waals surface area contributed by atoms with Gasteiger partial charge in [0.2, 0.25) is 5.82 Å². The average Bonchev–Trinajstić information content (AvgIpc) is 3.07. The van der Waals surface area contributed by atoms with Crippen LogP contribution < -0.4 is 9.80 Å². The first-order valence-corrected chi connectivity index (χ1v) is 8.47. The molecule has 0 unspecified atom stereocenters. The predicted molar refractivity (Wildman–Crippen MR) is 87.8 cm³/mol. The van der Waals surface area contributed by atoms with E-state index in [4.69, 9.17) is 4.74 Å². The van der Waals surface area contributed by atoms with Gasteiger partial charge in [0.1, 0.15) is 6.54 Å². The number of hydrogen-bond acceptors (Lipinski definition) is 5. The van der Waals surface area contributed by atoms with E-state index in [0.29, 0.717) is 38.5 Å². The number of anilines is 1. The van der Waals surface area contributed by atoms with E-state index < -0.39 is 11.7 Å². The van der Waals surface area contributed by atoms with Crippen LogP contribution in [0.5, 0.6) is 0 Å². The van der Waals surface area contributed by atoms with Gasteiger partial charge in [-0.1, -0.05) is 6.07 Å². The van der Waals surface area contributed by atoms with Crippen molar-refractivity contribution in [3.8, 4) is 0 Å². The number of tetrazole rings is 1. The second kappa shape index (κ2) is 8.00. The number of halogens is 3. The maximum absolute atomic E-state index is 12.9. The minimum atomic E-state index is -4.32. The van der Waals surface area contributed by atoms with Gasteiger partial charge < -0.3 is 14.5 Å². The highest BCUT2D eigenvalue weighted by Gasteiger charge is 2.31. The van der Waals surface area contributed by atoms with Crippen LogP contribution in [0.4, 0.5) is 18.9 Å². The summed E-state index contributed by atoms with van der Waals surface area (Å²) in [6, 6.07) is 5.51. The number of nitrogens with one attached hydrogen (secondary N) is 1. The first-order chi connectivity index (χ1) is 12.5. The molecule has 10 heteroatoms. The van der Waals surface area contributed by atoms with E-state index in [9.17, 15) is 13.2 Å². The van der Waals surface area contributed by atoms with Crippen molar-refractivity contribution < 1.29 is 22.8 Å². The third-order valence-corrected chi connectivity index (χ3v) is 4.53. The average molecular weight is 371 g/mol. The van der Waals surface area contributed by atoms with Gasteiger partial charge in [0.15, 0.2) is 0 Å². The Balaban J connectivity index is 1.57. The van der Waals surface area contributed by atoms with Crippen molar-refractivity contribution in [3.05, 3.63) is 35.7 Å². The van der Waals surface area contributed by atoms with Gasteiger partial charge in [-0.25, -0.2) is 4.68 Å². The maximum Gasteiger partial charge on any atom is 0.416 e. The Morgan fingerprint density at radius 3 is 2.69 bits per heavy atom. The van der Waals surface area contributed by atoms with Gasteiger partial charge in [-0.2, -0.15) is 13.2 Å². The van der Waals surface area contributed by atoms with Crippen molar-refractivity contribution in [1.29, 1.82) is 0 Å². The summed E-state index contributed by atoms with van der Waals surface area (Å²) in [6.07, 6.45) is -4.32. The van der Waals surface area contributed by atoms with Crippen molar-refractivity contribution in [2.45, 2.75) is 19.3 Å². The summed E-state index contributed by atoms with van der Waals surface area (Å²) < 4.78 is 45.4. The number of methoxy groups -OCH3 is 1. The lowest BCUT2D eigenvalue weighted by Crippen LogP contribution is -3.13. The fourth-order valence-electron chi connectivity index (χ4n) is 3.06. The highest BCUT2D eigenvalue weighted by Crippen LogP contribution is 2.31. The number of aromatic nitrogens is 4. The van der Waals surface area contributed by atoms with E-state index in [1.807, 2.05) is 4.90 Å². The molecule has 0 aliphatic carbocycles. The summed E-state index contributed by atoms with van der Waals surface area (Å²) in [4.78, 5) is 3.30. The van der Waals surface area contributed by atoms with E-state index in [1.54, 1.807) is 17.9 Å². The first-order valence-electron chi connectivity index (χ1n) is 8.47. The van der Waals surface area contributed by atoms with Crippen LogP contribution in [-0.2, 0) is 24.0 Å². The SMILES string of the molecule is COCCn1nnnc1C[NH+]1CCN(c2cccc(C(F)(F)F)c2)CC1. The quantitative estimate of drug-likeness (QED) is 0.789. The molecule has 26 heavy (non-hydrogen) atoms. The zero-order valence-electron chi connectivity index (χ0n) is 14.5. The van der Waals surface area contributed by atoms with E-state index in [-0.39, 0.29) is 0 Å². The number of piperazine rings is 1. The van der Waals surface area contributed by atoms with E-state index in [2.05, 4.69) is 15.5 Å². The van der Waals surface area contributed by atoms with Crippen LogP contribution in [-0.4, -0.2) is 60.1 Å². The van der Waals surface area contributed by atoms with Gasteiger partial charge in [-0.05, 0) is 28.6 Å². The van der Waals surface area contributed by atoms with Crippen molar-refractivity contribution in [2.24, 2.45) is 0 Å². The summed E-state index contributed by atoms with van der Waals surface area (Å²) in [5.74, 6) is 0.796. The minimum Gasteiger partial charge on any atom is -0.383 e. The van der Waals surface area contributed by atoms with Gasteiger partial charge in [0.25, 0.3) is 0 Å². The molecule has 2 heterocycles. The van der Waals surface area contributed by atoms with Crippen LogP contribution in [0, 0.1) is 0 Å². The van der Waals surface area contributed by atoms with Crippen LogP contribution in [0.3, 0.4) is 0 Å². The molecular formula is C16H22F3N6O+. The normalized spacial score (nSPS) is 16.2. The monoisotopic (exact) mass is 371 g/mol. The van der Waals surface area contributed by atoms with E-state index in [1.165, 1.54) is 17.0 Å². The molecule has 0 spiro atoms. The van der Waals surface area contributed by atoms with Crippen LogP contribution in [0.1, 0.15) is 11.4 Å². The van der Waals surface area contributed by atoms with Crippen molar-refractivity contribution >= 4 is 5.69 Å². The van der Waals surface area contributed by atoms with E-state index in [0.717, 1.165) is 25.0 Å². The summed E-state index contributed by atoms with van der Waals surface area (Å²) in [6.45, 7) is 4.83. The van der Waals surface area contributed by atoms with Crippen molar-refractivity contribution in [3.63, 3.8) is 0 Å². The minimum absolute atomic E-state index is 0.538. The number of benzene rings is 1. The molecule has 142 valence electrons. The maximum atomic E-state index is 12.9. The molecule has 1 aliphatic rings. The molecule has 3 rings (SSSR count). The second-order valence-electron chi connectivity index (χ2n) is 6.27. The molecule has 2 aromatic rings. The van der Waals surface area contributed by atoms with Crippen LogP contribution in [0.15, 0.2) is 24.3 Å². The summed E-state index contributed by atoms with van der Waals surface area (Å²) >= 11 is 0. The number of alkyl halides is 3. The van der Waals surface area contributed by atoms with Gasteiger partial charge >= 0.3 is 6.18 Å². The Kier molecular flexibility index (Phi) is 5.72. The van der Waals surface area contributed by atoms with Crippen LogP contribution in [0.2, 0.25) is 0 Å². The zero-order valence-corrected chi connectivity index (χ0v) is 14.5. The number of rotatable bonds is 6. The molecular weight excluding hydrogens is 349 g/mol. The third-order valence-electron chi connectivity index (χ3n) is 4.53. The number of nitrogens with zero attached hydrogens (tertiary/aromatic N) is 5. The Labute approximate surface area is 149 Å². The first kappa shape index (κ1) is 18.6. The zero-order chi connectivity index (χ0) is 18.6. The molecule has 0 saturated carbocycles. The van der Waals surface area contributed by atoms with Crippen LogP contribution >= 0.6 is 0 Å². The Morgan fingerprint density at radius 1 is 1.23 bits per heavy atom. The number of hydrogen-bond donors (Lipinski definition) is 1. The smallest absolute Gasteiger partial charge is 0.383 e. The van der Waals surface area contributed by atoms with Gasteiger partial charge in [-0.3, -0.25) is 0 Å². The summed E-state index contributed by atoms with van der Waals surface area (Å²) in [5, 5.41) is 11.7.